The van der Waals surface area contributed by atoms with Gasteiger partial charge in [0.05, 0.1) is 18.2 Å². The third-order valence-electron chi connectivity index (χ3n) is 7.14. The molecule has 0 aliphatic carbocycles. The van der Waals surface area contributed by atoms with E-state index in [9.17, 15) is 18.0 Å². The molecule has 0 radical (unpaired) electrons. The number of anilines is 1. The van der Waals surface area contributed by atoms with Crippen LogP contribution in [0, 0.1) is 6.92 Å². The lowest BCUT2D eigenvalue weighted by molar-refractivity contribution is -0.137. The first kappa shape index (κ1) is 24.6. The Labute approximate surface area is 206 Å². The van der Waals surface area contributed by atoms with Crippen molar-refractivity contribution in [2.24, 2.45) is 7.05 Å². The third kappa shape index (κ3) is 4.68. The van der Waals surface area contributed by atoms with Crippen molar-refractivity contribution in [2.45, 2.75) is 70.5 Å². The Kier molecular flexibility index (Phi) is 6.44. The number of rotatable bonds is 5. The predicted octanol–water partition coefficient (Wildman–Crippen LogP) is 4.07. The summed E-state index contributed by atoms with van der Waals surface area (Å²) in [4.78, 5) is 24.1. The molecule has 3 aromatic rings. The molecule has 0 amide bonds. The van der Waals surface area contributed by atoms with Crippen LogP contribution in [0.25, 0.3) is 11.2 Å². The molecular formula is C25H30F3N5O3. The number of aryl methyl sites for hydroxylation is 2. The zero-order chi connectivity index (χ0) is 25.6. The number of alkyl halides is 3. The number of piperidine rings is 1. The molecule has 0 saturated carbocycles. The molecule has 8 nitrogen and oxygen atoms in total. The summed E-state index contributed by atoms with van der Waals surface area (Å²) in [5.74, 6) is 1.77. The smallest absolute Gasteiger partial charge is 0.416 e. The van der Waals surface area contributed by atoms with Crippen LogP contribution in [0.4, 0.5) is 19.0 Å². The molecule has 1 aromatic carbocycles. The van der Waals surface area contributed by atoms with E-state index in [1.54, 1.807) is 11.6 Å². The Morgan fingerprint density at radius 1 is 1.17 bits per heavy atom. The molecule has 11 heteroatoms. The maximum Gasteiger partial charge on any atom is 0.416 e. The largest absolute Gasteiger partial charge is 0.490 e. The Morgan fingerprint density at radius 3 is 2.56 bits per heavy atom. The molecule has 0 unspecified atom stereocenters. The van der Waals surface area contributed by atoms with Crippen LogP contribution in [0.2, 0.25) is 0 Å². The fourth-order valence-electron chi connectivity index (χ4n) is 5.23. The minimum Gasteiger partial charge on any atom is -0.490 e. The number of fused-ring (bicyclic) bond motifs is 1. The topological polar surface area (TPSA) is 74.4 Å². The molecule has 0 bridgehead atoms. The predicted molar refractivity (Wildman–Crippen MR) is 128 cm³/mol. The van der Waals surface area contributed by atoms with Gasteiger partial charge in [0.1, 0.15) is 28.8 Å². The van der Waals surface area contributed by atoms with E-state index >= 15 is 0 Å². The van der Waals surface area contributed by atoms with E-state index in [1.165, 1.54) is 12.1 Å². The van der Waals surface area contributed by atoms with Gasteiger partial charge in [-0.3, -0.25) is 4.57 Å². The van der Waals surface area contributed by atoms with Crippen molar-refractivity contribution < 1.29 is 22.6 Å². The quantitative estimate of drug-likeness (QED) is 0.521. The van der Waals surface area contributed by atoms with Crippen molar-refractivity contribution >= 4 is 17.0 Å². The summed E-state index contributed by atoms with van der Waals surface area (Å²) in [6.45, 7) is 5.93. The van der Waals surface area contributed by atoms with E-state index in [0.29, 0.717) is 43.0 Å². The summed E-state index contributed by atoms with van der Waals surface area (Å²) in [7, 11) is 1.71. The van der Waals surface area contributed by atoms with Crippen LogP contribution < -0.4 is 15.3 Å². The highest BCUT2D eigenvalue weighted by atomic mass is 19.4. The second-order valence-electron chi connectivity index (χ2n) is 9.68. The van der Waals surface area contributed by atoms with Gasteiger partial charge in [-0.15, -0.1) is 0 Å². The highest BCUT2D eigenvalue weighted by Gasteiger charge is 2.32. The minimum absolute atomic E-state index is 0.00961. The number of imidazole rings is 1. The fourth-order valence-corrected chi connectivity index (χ4v) is 5.23. The van der Waals surface area contributed by atoms with Gasteiger partial charge in [0.2, 0.25) is 0 Å². The molecule has 3 atom stereocenters. The van der Waals surface area contributed by atoms with Crippen molar-refractivity contribution in [3.05, 3.63) is 46.1 Å². The number of ether oxygens (including phenoxy) is 2. The molecule has 2 saturated heterocycles. The standard InChI is InChI=1S/C25H30F3N5O3/c1-15-13-19(36-18-8-6-17(7-9-18)25(26,27)28)10-11-32(15)22-21-23(31(3)24(34)30-22)33(16(2)29-21)14-20-5-4-12-35-20/h6-9,15,19-20H,4-5,10-14H2,1-3H3/t15-,19-,20-/m0/s1. The van der Waals surface area contributed by atoms with Gasteiger partial charge in [0.25, 0.3) is 0 Å². The van der Waals surface area contributed by atoms with Crippen LogP contribution in [0.15, 0.2) is 29.1 Å². The second kappa shape index (κ2) is 9.42. The van der Waals surface area contributed by atoms with Crippen molar-refractivity contribution in [1.29, 1.82) is 0 Å². The van der Waals surface area contributed by atoms with Crippen molar-refractivity contribution in [3.63, 3.8) is 0 Å². The lowest BCUT2D eigenvalue weighted by Gasteiger charge is -2.38. The number of halogens is 3. The lowest BCUT2D eigenvalue weighted by Crippen LogP contribution is -2.45. The lowest BCUT2D eigenvalue weighted by atomic mass is 10.0. The number of aromatic nitrogens is 4. The molecule has 2 aliphatic rings. The Morgan fingerprint density at radius 2 is 1.92 bits per heavy atom. The van der Waals surface area contributed by atoms with Gasteiger partial charge in [0.15, 0.2) is 5.82 Å². The third-order valence-corrected chi connectivity index (χ3v) is 7.14. The molecule has 5 rings (SSSR count). The summed E-state index contributed by atoms with van der Waals surface area (Å²) < 4.78 is 53.9. The molecule has 2 aromatic heterocycles. The average molecular weight is 506 g/mol. The normalized spacial score (nSPS) is 22.9. The Bertz CT molecular complexity index is 1300. The van der Waals surface area contributed by atoms with Crippen LogP contribution in [-0.2, 0) is 24.5 Å². The summed E-state index contributed by atoms with van der Waals surface area (Å²) >= 11 is 0. The first-order chi connectivity index (χ1) is 17.1. The maximum absolute atomic E-state index is 12.9. The van der Waals surface area contributed by atoms with E-state index in [1.807, 2.05) is 18.4 Å². The van der Waals surface area contributed by atoms with Crippen LogP contribution in [0.5, 0.6) is 5.75 Å². The first-order valence-corrected chi connectivity index (χ1v) is 12.3. The van der Waals surface area contributed by atoms with Gasteiger partial charge in [0, 0.05) is 39.1 Å². The van der Waals surface area contributed by atoms with Crippen molar-refractivity contribution in [1.82, 2.24) is 19.1 Å². The SMILES string of the molecule is Cc1nc2c(N3CC[C@H](Oc4ccc(C(F)(F)F)cc4)C[C@@H]3C)nc(=O)n(C)c2n1C[C@@H]1CCCO1. The first-order valence-electron chi connectivity index (χ1n) is 12.3. The summed E-state index contributed by atoms with van der Waals surface area (Å²) in [6.07, 6.45) is -1.15. The molecule has 4 heterocycles. The molecular weight excluding hydrogens is 475 g/mol. The number of hydrogen-bond acceptors (Lipinski definition) is 6. The van der Waals surface area contributed by atoms with E-state index in [2.05, 4.69) is 9.88 Å². The van der Waals surface area contributed by atoms with Crippen LogP contribution in [-0.4, -0.2) is 50.5 Å². The summed E-state index contributed by atoms with van der Waals surface area (Å²) in [6, 6.07) is 4.77. The fraction of sp³-hybridized carbons (Fsp3) is 0.560. The molecule has 0 N–H and O–H groups in total. The molecule has 0 spiro atoms. The average Bonchev–Trinajstić information content (AvgIpc) is 3.45. The summed E-state index contributed by atoms with van der Waals surface area (Å²) in [5, 5.41) is 0. The van der Waals surface area contributed by atoms with Gasteiger partial charge in [-0.05, 0) is 51.0 Å². The highest BCUT2D eigenvalue weighted by molar-refractivity contribution is 5.84. The van der Waals surface area contributed by atoms with Gasteiger partial charge in [-0.25, -0.2) is 9.78 Å². The zero-order valence-electron chi connectivity index (χ0n) is 20.6. The van der Waals surface area contributed by atoms with Crippen molar-refractivity contribution in [3.8, 4) is 5.75 Å². The monoisotopic (exact) mass is 505 g/mol. The molecule has 194 valence electrons. The minimum atomic E-state index is -4.38. The van der Waals surface area contributed by atoms with E-state index in [0.717, 1.165) is 43.1 Å². The molecule has 2 aliphatic heterocycles. The van der Waals surface area contributed by atoms with Gasteiger partial charge in [-0.1, -0.05) is 0 Å². The maximum atomic E-state index is 12.9. The Balaban J connectivity index is 1.36. The van der Waals surface area contributed by atoms with Gasteiger partial charge >= 0.3 is 11.9 Å². The summed E-state index contributed by atoms with van der Waals surface area (Å²) in [5.41, 5.74) is 0.365. The number of nitrogens with zero attached hydrogens (tertiary/aromatic N) is 5. The van der Waals surface area contributed by atoms with E-state index < -0.39 is 11.7 Å². The molecule has 2 fully saturated rings. The van der Waals surface area contributed by atoms with Gasteiger partial charge in [-0.2, -0.15) is 18.2 Å². The van der Waals surface area contributed by atoms with Crippen molar-refractivity contribution in [2.75, 3.05) is 18.1 Å². The number of benzene rings is 1. The molecule has 36 heavy (non-hydrogen) atoms. The van der Waals surface area contributed by atoms with E-state index in [-0.39, 0.29) is 23.9 Å². The van der Waals surface area contributed by atoms with Gasteiger partial charge < -0.3 is 18.9 Å². The number of hydrogen-bond donors (Lipinski definition) is 0. The zero-order valence-corrected chi connectivity index (χ0v) is 20.6. The highest BCUT2D eigenvalue weighted by Crippen LogP contribution is 2.33. The van der Waals surface area contributed by atoms with Crippen LogP contribution in [0.3, 0.4) is 0 Å². The Hall–Kier alpha value is -3.08. The van der Waals surface area contributed by atoms with Crippen LogP contribution >= 0.6 is 0 Å². The second-order valence-corrected chi connectivity index (χ2v) is 9.68. The van der Waals surface area contributed by atoms with Crippen LogP contribution in [0.1, 0.15) is 44.0 Å². The van der Waals surface area contributed by atoms with E-state index in [4.69, 9.17) is 14.5 Å².